The first kappa shape index (κ1) is 15.3. The summed E-state index contributed by atoms with van der Waals surface area (Å²) in [6, 6.07) is 4.80. The van der Waals surface area contributed by atoms with Gasteiger partial charge in [-0.15, -0.1) is 11.6 Å². The minimum atomic E-state index is -3.56. The molecule has 0 radical (unpaired) electrons. The summed E-state index contributed by atoms with van der Waals surface area (Å²) in [6.07, 6.45) is 0. The lowest BCUT2D eigenvalue weighted by Gasteiger charge is -2.22. The average molecular weight is 292 g/mol. The van der Waals surface area contributed by atoms with Gasteiger partial charge >= 0.3 is 0 Å². The van der Waals surface area contributed by atoms with Crippen molar-refractivity contribution in [2.24, 2.45) is 0 Å². The van der Waals surface area contributed by atoms with Gasteiger partial charge in [-0.25, -0.2) is 8.42 Å². The van der Waals surface area contributed by atoms with Gasteiger partial charge in [-0.2, -0.15) is 4.31 Å². The molecular formula is C12H18ClNO3S. The monoisotopic (exact) mass is 291 g/mol. The Balaban J connectivity index is 3.38. The summed E-state index contributed by atoms with van der Waals surface area (Å²) < 4.78 is 31.3. The van der Waals surface area contributed by atoms with Crippen LogP contribution in [-0.4, -0.2) is 32.9 Å². The Kier molecular flexibility index (Phi) is 5.01. The summed E-state index contributed by atoms with van der Waals surface area (Å²) >= 11 is 5.74. The van der Waals surface area contributed by atoms with Gasteiger partial charge in [0.2, 0.25) is 10.0 Å². The van der Waals surface area contributed by atoms with Gasteiger partial charge in [-0.1, -0.05) is 6.07 Å². The molecule has 0 atom stereocenters. The lowest BCUT2D eigenvalue weighted by Crippen LogP contribution is -2.33. The number of ether oxygens (including phenoxy) is 1. The van der Waals surface area contributed by atoms with E-state index in [-0.39, 0.29) is 16.8 Å². The summed E-state index contributed by atoms with van der Waals surface area (Å²) in [7, 11) is -0.567. The molecule has 0 saturated carbocycles. The quantitative estimate of drug-likeness (QED) is 0.783. The number of halogens is 1. The van der Waals surface area contributed by atoms with E-state index in [1.54, 1.807) is 25.2 Å². The van der Waals surface area contributed by atoms with Crippen LogP contribution in [-0.2, 0) is 15.9 Å². The van der Waals surface area contributed by atoms with Gasteiger partial charge in [0.05, 0.1) is 7.11 Å². The molecule has 4 nitrogen and oxygen atoms in total. The molecule has 6 heteroatoms. The fourth-order valence-corrected chi connectivity index (χ4v) is 3.18. The zero-order valence-corrected chi connectivity index (χ0v) is 12.5. The topological polar surface area (TPSA) is 46.6 Å². The number of sulfonamides is 1. The van der Waals surface area contributed by atoms with Crippen molar-refractivity contribution in [1.29, 1.82) is 0 Å². The van der Waals surface area contributed by atoms with Gasteiger partial charge in [0, 0.05) is 19.0 Å². The lowest BCUT2D eigenvalue weighted by molar-refractivity contribution is 0.387. The lowest BCUT2D eigenvalue weighted by atomic mass is 10.2. The first-order valence-corrected chi connectivity index (χ1v) is 7.53. The van der Waals surface area contributed by atoms with Crippen molar-refractivity contribution in [3.05, 3.63) is 23.8 Å². The largest absolute Gasteiger partial charge is 0.495 e. The van der Waals surface area contributed by atoms with Gasteiger partial charge in [0.1, 0.15) is 10.6 Å². The Hall–Kier alpha value is -0.780. The van der Waals surface area contributed by atoms with Gasteiger partial charge in [-0.05, 0) is 31.5 Å². The van der Waals surface area contributed by atoms with Gasteiger partial charge in [-0.3, -0.25) is 0 Å². The number of rotatable bonds is 5. The van der Waals surface area contributed by atoms with Gasteiger partial charge in [0.25, 0.3) is 0 Å². The van der Waals surface area contributed by atoms with E-state index in [0.29, 0.717) is 5.75 Å². The Morgan fingerprint density at radius 1 is 1.39 bits per heavy atom. The molecule has 0 aliphatic heterocycles. The van der Waals surface area contributed by atoms with Crippen LogP contribution in [0.15, 0.2) is 23.1 Å². The van der Waals surface area contributed by atoms with Gasteiger partial charge in [0.15, 0.2) is 0 Å². The zero-order valence-electron chi connectivity index (χ0n) is 11.0. The molecule has 0 saturated heterocycles. The number of methoxy groups -OCH3 is 1. The molecule has 0 aliphatic carbocycles. The average Bonchev–Trinajstić information content (AvgIpc) is 2.36. The van der Waals surface area contributed by atoms with E-state index < -0.39 is 10.0 Å². The summed E-state index contributed by atoms with van der Waals surface area (Å²) in [6.45, 7) is 3.63. The Morgan fingerprint density at radius 3 is 2.44 bits per heavy atom. The molecule has 0 unspecified atom stereocenters. The molecule has 0 spiro atoms. The molecule has 0 amide bonds. The van der Waals surface area contributed by atoms with E-state index in [1.165, 1.54) is 11.4 Å². The minimum Gasteiger partial charge on any atom is -0.495 e. The molecular weight excluding hydrogens is 274 g/mol. The minimum absolute atomic E-state index is 0.126. The summed E-state index contributed by atoms with van der Waals surface area (Å²) in [5.74, 6) is 0.592. The summed E-state index contributed by atoms with van der Waals surface area (Å²) in [4.78, 5) is 0.152. The normalized spacial score (nSPS) is 12.2. The molecule has 0 N–H and O–H groups in total. The van der Waals surface area contributed by atoms with Crippen LogP contribution in [0.4, 0.5) is 0 Å². The van der Waals surface area contributed by atoms with Crippen LogP contribution in [0.25, 0.3) is 0 Å². The second-order valence-electron chi connectivity index (χ2n) is 4.23. The highest BCUT2D eigenvalue weighted by atomic mass is 35.5. The van der Waals surface area contributed by atoms with Crippen molar-refractivity contribution in [3.63, 3.8) is 0 Å². The second kappa shape index (κ2) is 5.91. The molecule has 1 aromatic rings. The first-order chi connectivity index (χ1) is 8.34. The van der Waals surface area contributed by atoms with E-state index in [9.17, 15) is 8.42 Å². The molecule has 0 fully saturated rings. The van der Waals surface area contributed by atoms with Crippen LogP contribution < -0.4 is 4.74 Å². The molecule has 0 aromatic heterocycles. The van der Waals surface area contributed by atoms with E-state index >= 15 is 0 Å². The number of alkyl halides is 1. The van der Waals surface area contributed by atoms with Crippen molar-refractivity contribution in [2.75, 3.05) is 14.2 Å². The first-order valence-electron chi connectivity index (χ1n) is 5.55. The van der Waals surface area contributed by atoms with Crippen molar-refractivity contribution in [1.82, 2.24) is 4.31 Å². The molecule has 1 aromatic carbocycles. The zero-order chi connectivity index (χ0) is 13.9. The van der Waals surface area contributed by atoms with Crippen LogP contribution in [0, 0.1) is 0 Å². The highest BCUT2D eigenvalue weighted by Gasteiger charge is 2.26. The smallest absolute Gasteiger partial charge is 0.246 e. The Labute approximate surface area is 114 Å². The summed E-state index contributed by atoms with van der Waals surface area (Å²) in [5, 5.41) is 0. The van der Waals surface area contributed by atoms with Crippen molar-refractivity contribution >= 4 is 21.6 Å². The number of nitrogens with zero attached hydrogens (tertiary/aromatic N) is 1. The molecule has 18 heavy (non-hydrogen) atoms. The number of benzene rings is 1. The van der Waals surface area contributed by atoms with Crippen LogP contribution in [0.3, 0.4) is 0 Å². The van der Waals surface area contributed by atoms with Crippen molar-refractivity contribution < 1.29 is 13.2 Å². The van der Waals surface area contributed by atoms with Crippen molar-refractivity contribution in [2.45, 2.75) is 30.7 Å². The molecule has 1 rings (SSSR count). The predicted octanol–water partition coefficient (Wildman–Crippen LogP) is 2.46. The third-order valence-electron chi connectivity index (χ3n) is 2.77. The van der Waals surface area contributed by atoms with Crippen LogP contribution in [0.1, 0.15) is 19.4 Å². The molecule has 0 bridgehead atoms. The van der Waals surface area contributed by atoms with Gasteiger partial charge < -0.3 is 4.74 Å². The highest BCUT2D eigenvalue weighted by Crippen LogP contribution is 2.28. The highest BCUT2D eigenvalue weighted by molar-refractivity contribution is 7.89. The third kappa shape index (κ3) is 2.96. The maximum atomic E-state index is 12.4. The third-order valence-corrected chi connectivity index (χ3v) is 5.13. The maximum absolute atomic E-state index is 12.4. The van der Waals surface area contributed by atoms with E-state index in [4.69, 9.17) is 16.3 Å². The second-order valence-corrected chi connectivity index (χ2v) is 6.47. The van der Waals surface area contributed by atoms with E-state index in [0.717, 1.165) is 5.56 Å². The van der Waals surface area contributed by atoms with E-state index in [1.807, 2.05) is 13.8 Å². The predicted molar refractivity (Wildman–Crippen MR) is 72.6 cm³/mol. The standard InChI is InChI=1S/C12H18ClNO3S/c1-9(2)14(3)18(15,16)12-7-10(8-13)5-6-11(12)17-4/h5-7,9H,8H2,1-4H3. The SMILES string of the molecule is COc1ccc(CCl)cc1S(=O)(=O)N(C)C(C)C. The van der Waals surface area contributed by atoms with E-state index in [2.05, 4.69) is 0 Å². The number of hydrogen-bond acceptors (Lipinski definition) is 3. The maximum Gasteiger partial charge on any atom is 0.246 e. The summed E-state index contributed by atoms with van der Waals surface area (Å²) in [5.41, 5.74) is 0.744. The van der Waals surface area contributed by atoms with Crippen molar-refractivity contribution in [3.8, 4) is 5.75 Å². The molecule has 102 valence electrons. The van der Waals surface area contributed by atoms with Crippen LogP contribution in [0.2, 0.25) is 0 Å². The molecule has 0 heterocycles. The number of hydrogen-bond donors (Lipinski definition) is 0. The Morgan fingerprint density at radius 2 is 2.00 bits per heavy atom. The van der Waals surface area contributed by atoms with Crippen LogP contribution >= 0.6 is 11.6 Å². The molecule has 0 aliphatic rings. The fraction of sp³-hybridized carbons (Fsp3) is 0.500. The fourth-order valence-electron chi connectivity index (χ4n) is 1.44. The van der Waals surface area contributed by atoms with Crippen LogP contribution in [0.5, 0.6) is 5.75 Å². The Bertz CT molecular complexity index is 514.